The molecule has 0 aliphatic carbocycles. The smallest absolute Gasteiger partial charge is 0.242 e. The maximum absolute atomic E-state index is 13.0. The maximum Gasteiger partial charge on any atom is 0.242 e. The molecule has 0 fully saturated rings. The number of hydrogen-bond donors (Lipinski definition) is 9. The van der Waals surface area contributed by atoms with Gasteiger partial charge in [0.2, 0.25) is 35.4 Å². The molecular weight excluding hydrogens is 871 g/mol. The van der Waals surface area contributed by atoms with Gasteiger partial charge in [0, 0.05) is 32.4 Å². The van der Waals surface area contributed by atoms with Gasteiger partial charge in [-0.2, -0.15) is 0 Å². The Morgan fingerprint density at radius 2 is 0.594 bits per heavy atom. The molecular formula is C54H107N9O6. The lowest BCUT2D eigenvalue weighted by Crippen LogP contribution is -2.47. The molecule has 15 heteroatoms. The summed E-state index contributed by atoms with van der Waals surface area (Å²) in [6, 6.07) is -1.64. The van der Waals surface area contributed by atoms with E-state index in [4.69, 9.17) is 22.9 Å². The zero-order valence-corrected chi connectivity index (χ0v) is 44.1. The van der Waals surface area contributed by atoms with E-state index in [0.717, 1.165) is 167 Å². The third-order valence-electron chi connectivity index (χ3n) is 13.1. The van der Waals surface area contributed by atoms with Crippen molar-refractivity contribution in [3.8, 4) is 0 Å². The zero-order chi connectivity index (χ0) is 50.8. The van der Waals surface area contributed by atoms with Crippen LogP contribution >= 0.6 is 0 Å². The van der Waals surface area contributed by atoms with Gasteiger partial charge in [-0.05, 0) is 110 Å². The quantitative estimate of drug-likeness (QED) is 0.0265. The highest BCUT2D eigenvalue weighted by Crippen LogP contribution is 2.14. The first-order valence-electron chi connectivity index (χ1n) is 28.4. The van der Waals surface area contributed by atoms with Crippen molar-refractivity contribution < 1.29 is 28.8 Å². The van der Waals surface area contributed by atoms with Crippen LogP contribution in [-0.2, 0) is 28.8 Å². The minimum atomic E-state index is -0.617. The zero-order valence-electron chi connectivity index (χ0n) is 44.1. The van der Waals surface area contributed by atoms with E-state index in [-0.39, 0.29) is 29.5 Å². The summed E-state index contributed by atoms with van der Waals surface area (Å²) in [4.78, 5) is 75.3. The SMILES string of the molecule is CCCCCCCCCCCC(=O)NC(CCCCN)C(=O)NCCCCCCCCCCCC(=O)NC(CCCCN)C(=O)NCCCCCCCCCCCC(=O)NC(CCCCN)C(N)=O. The molecule has 0 spiro atoms. The fraction of sp³-hybridized carbons (Fsp3) is 0.889. The van der Waals surface area contributed by atoms with Crippen LogP contribution in [0.15, 0.2) is 0 Å². The molecule has 3 atom stereocenters. The van der Waals surface area contributed by atoms with Crippen LogP contribution in [-0.4, -0.2) is 86.3 Å². The molecule has 69 heavy (non-hydrogen) atoms. The van der Waals surface area contributed by atoms with Crippen LogP contribution in [0.1, 0.15) is 257 Å². The van der Waals surface area contributed by atoms with Gasteiger partial charge < -0.3 is 49.5 Å². The molecule has 0 aromatic heterocycles. The first-order valence-corrected chi connectivity index (χ1v) is 28.4. The highest BCUT2D eigenvalue weighted by Gasteiger charge is 2.21. The van der Waals surface area contributed by atoms with E-state index in [1.807, 2.05) is 0 Å². The van der Waals surface area contributed by atoms with Crippen LogP contribution in [0.4, 0.5) is 0 Å². The predicted molar refractivity (Wildman–Crippen MR) is 284 cm³/mol. The molecule has 0 radical (unpaired) electrons. The van der Waals surface area contributed by atoms with E-state index in [2.05, 4.69) is 33.5 Å². The number of carbonyl (C=O) groups is 6. The van der Waals surface area contributed by atoms with Crippen LogP contribution in [0, 0.1) is 0 Å². The van der Waals surface area contributed by atoms with Crippen LogP contribution < -0.4 is 49.5 Å². The molecule has 404 valence electrons. The Morgan fingerprint density at radius 1 is 0.333 bits per heavy atom. The summed E-state index contributed by atoms with van der Waals surface area (Å²) in [5.41, 5.74) is 22.3. The maximum atomic E-state index is 13.0. The van der Waals surface area contributed by atoms with Gasteiger partial charge in [-0.3, -0.25) is 28.8 Å². The minimum absolute atomic E-state index is 0.0289. The van der Waals surface area contributed by atoms with Gasteiger partial charge in [0.1, 0.15) is 18.1 Å². The number of unbranched alkanes of at least 4 members (excludes halogenated alkanes) is 27. The average molecular weight is 979 g/mol. The lowest BCUT2D eigenvalue weighted by Gasteiger charge is -2.18. The summed E-state index contributed by atoms with van der Waals surface area (Å²) in [7, 11) is 0. The molecule has 0 aromatic carbocycles. The second-order valence-corrected chi connectivity index (χ2v) is 19.6. The average Bonchev–Trinajstić information content (AvgIpc) is 3.33. The number of hydrogen-bond acceptors (Lipinski definition) is 9. The van der Waals surface area contributed by atoms with Crippen LogP contribution in [0.3, 0.4) is 0 Å². The summed E-state index contributed by atoms with van der Waals surface area (Å²) in [6.45, 7) is 5.15. The molecule has 0 saturated heterocycles. The lowest BCUT2D eigenvalue weighted by atomic mass is 10.0. The summed E-state index contributed by atoms with van der Waals surface area (Å²) in [6.07, 6.45) is 37.4. The van der Waals surface area contributed by atoms with Crippen molar-refractivity contribution in [1.82, 2.24) is 26.6 Å². The largest absolute Gasteiger partial charge is 0.368 e. The summed E-state index contributed by atoms with van der Waals surface area (Å²) in [5, 5.41) is 14.9. The molecule has 6 amide bonds. The van der Waals surface area contributed by atoms with Gasteiger partial charge in [-0.25, -0.2) is 0 Å². The lowest BCUT2D eigenvalue weighted by molar-refractivity contribution is -0.129. The molecule has 0 aliphatic heterocycles. The first kappa shape index (κ1) is 65.7. The van der Waals surface area contributed by atoms with Crippen molar-refractivity contribution in [1.29, 1.82) is 0 Å². The van der Waals surface area contributed by atoms with E-state index in [1.54, 1.807) is 0 Å². The minimum Gasteiger partial charge on any atom is -0.368 e. The molecule has 13 N–H and O–H groups in total. The topological polar surface area (TPSA) is 267 Å². The van der Waals surface area contributed by atoms with E-state index >= 15 is 0 Å². The fourth-order valence-electron chi connectivity index (χ4n) is 8.66. The third-order valence-corrected chi connectivity index (χ3v) is 13.1. The second kappa shape index (κ2) is 49.7. The standard InChI is InChI=1S/C54H107N9O6/c1-2-3-4-5-6-9-14-20-25-39-50(65)62-47(36-28-31-42-56)53(68)59-45-34-23-18-13-8-11-16-21-26-40-51(66)63-48(37-29-32-43-57)54(69)60-44-33-22-17-12-7-10-15-19-24-38-49(64)61-46(52(58)67)35-27-30-41-55/h46-48H,2-45,55-57H2,1H3,(H2,58,67)(H,59,68)(H,60,69)(H,61,64)(H,62,65)(H,63,66). The van der Waals surface area contributed by atoms with Crippen LogP contribution in [0.5, 0.6) is 0 Å². The summed E-state index contributed by atoms with van der Waals surface area (Å²) in [5.74, 6) is -0.912. The van der Waals surface area contributed by atoms with Gasteiger partial charge >= 0.3 is 0 Å². The molecule has 0 rings (SSSR count). The Morgan fingerprint density at radius 3 is 0.884 bits per heavy atom. The summed E-state index contributed by atoms with van der Waals surface area (Å²) >= 11 is 0. The van der Waals surface area contributed by atoms with Crippen molar-refractivity contribution >= 4 is 35.4 Å². The predicted octanol–water partition coefficient (Wildman–Crippen LogP) is 8.27. The van der Waals surface area contributed by atoms with E-state index in [9.17, 15) is 28.8 Å². The van der Waals surface area contributed by atoms with Gasteiger partial charge in [0.25, 0.3) is 0 Å². The van der Waals surface area contributed by atoms with Gasteiger partial charge in [-0.15, -0.1) is 0 Å². The van der Waals surface area contributed by atoms with Crippen molar-refractivity contribution in [3.05, 3.63) is 0 Å². The van der Waals surface area contributed by atoms with Crippen LogP contribution in [0.2, 0.25) is 0 Å². The number of nitrogens with two attached hydrogens (primary N) is 4. The molecule has 0 bridgehead atoms. The van der Waals surface area contributed by atoms with E-state index in [1.165, 1.54) is 44.9 Å². The van der Waals surface area contributed by atoms with Crippen molar-refractivity contribution in [2.24, 2.45) is 22.9 Å². The van der Waals surface area contributed by atoms with Gasteiger partial charge in [0.15, 0.2) is 0 Å². The van der Waals surface area contributed by atoms with E-state index in [0.29, 0.717) is 71.2 Å². The van der Waals surface area contributed by atoms with Gasteiger partial charge in [-0.1, -0.05) is 148 Å². The molecule has 0 heterocycles. The van der Waals surface area contributed by atoms with Crippen molar-refractivity contribution in [2.75, 3.05) is 32.7 Å². The molecule has 0 aromatic rings. The fourth-order valence-corrected chi connectivity index (χ4v) is 8.66. The molecule has 3 unspecified atom stereocenters. The van der Waals surface area contributed by atoms with Crippen molar-refractivity contribution in [2.45, 2.75) is 275 Å². The monoisotopic (exact) mass is 978 g/mol. The van der Waals surface area contributed by atoms with Crippen molar-refractivity contribution in [3.63, 3.8) is 0 Å². The molecule has 15 nitrogen and oxygen atoms in total. The normalized spacial score (nSPS) is 12.5. The first-order chi connectivity index (χ1) is 33.6. The highest BCUT2D eigenvalue weighted by atomic mass is 16.2. The Hall–Kier alpha value is -3.30. The third kappa shape index (κ3) is 43.2. The Labute approximate surface area is 420 Å². The number of amides is 6. The summed E-state index contributed by atoms with van der Waals surface area (Å²) < 4.78 is 0. The second-order valence-electron chi connectivity index (χ2n) is 19.6. The highest BCUT2D eigenvalue weighted by molar-refractivity contribution is 5.88. The van der Waals surface area contributed by atoms with Crippen LogP contribution in [0.25, 0.3) is 0 Å². The Bertz CT molecular complexity index is 1270. The Kier molecular flexibility index (Phi) is 47.3. The molecule has 0 saturated carbocycles. The van der Waals surface area contributed by atoms with E-state index < -0.39 is 24.0 Å². The van der Waals surface area contributed by atoms with Gasteiger partial charge in [0.05, 0.1) is 0 Å². The number of nitrogens with one attached hydrogen (secondary N) is 5. The number of primary amides is 1. The molecule has 0 aliphatic rings. The number of rotatable bonds is 52. The number of carbonyl (C=O) groups excluding carboxylic acids is 6. The Balaban J connectivity index is 4.11.